The molecule has 5 rings (SSSR count). The molecule has 13 heteroatoms. The Labute approximate surface area is 286 Å². The van der Waals surface area contributed by atoms with Gasteiger partial charge in [-0.1, -0.05) is 24.3 Å². The number of ether oxygens (including phenoxy) is 1. The van der Waals surface area contributed by atoms with E-state index in [-0.39, 0.29) is 23.7 Å². The van der Waals surface area contributed by atoms with Crippen LogP contribution in [0.25, 0.3) is 22.5 Å². The predicted molar refractivity (Wildman–Crippen MR) is 188 cm³/mol. The van der Waals surface area contributed by atoms with E-state index in [1.807, 2.05) is 82.4 Å². The van der Waals surface area contributed by atoms with Crippen LogP contribution < -0.4 is 20.9 Å². The number of pyridine rings is 1. The monoisotopic (exact) mass is 667 g/mol. The Morgan fingerprint density at radius 3 is 2.18 bits per heavy atom. The van der Waals surface area contributed by atoms with E-state index in [0.717, 1.165) is 40.9 Å². The van der Waals surface area contributed by atoms with E-state index in [4.69, 9.17) is 4.74 Å². The van der Waals surface area contributed by atoms with Crippen LogP contribution >= 0.6 is 0 Å². The number of nitrogens with zero attached hydrogens (tertiary/aromatic N) is 5. The molecular weight excluding hydrogens is 622 g/mol. The number of tetrazole rings is 1. The Bertz CT molecular complexity index is 1680. The lowest BCUT2D eigenvalue weighted by Crippen LogP contribution is -2.48. The summed E-state index contributed by atoms with van der Waals surface area (Å²) in [5.74, 6) is 0.981. The highest BCUT2D eigenvalue weighted by Crippen LogP contribution is 2.29. The molecule has 1 aliphatic carbocycles. The molecule has 0 radical (unpaired) electrons. The standard InChI is InChI=1S/C36H45N9O4/c1-36(2,3)49-35(48)38-21-24-8-12-27(13-9-24)33(46)40-30(34(47)39-29-17-14-26(15-18-29)32-41-43-44-42-32)20-23-6-10-25(11-7-23)28-16-19-31(37-22-28)45(4)5/h6-7,10-11,14-19,22,24,27,30H,8-9,12-13,20-21H2,1-5H3,(H,38,48)(H,39,47)(H,40,46)(H,41,42,43,44)/t24?,27?,30-/m0/s1. The molecule has 1 atom stereocenters. The second-order valence-corrected chi connectivity index (χ2v) is 13.7. The highest BCUT2D eigenvalue weighted by atomic mass is 16.6. The van der Waals surface area contributed by atoms with Gasteiger partial charge in [-0.2, -0.15) is 0 Å². The summed E-state index contributed by atoms with van der Waals surface area (Å²) in [6.07, 6.45) is 4.66. The second kappa shape index (κ2) is 15.7. The minimum absolute atomic E-state index is 0.143. The third-order valence-electron chi connectivity index (χ3n) is 8.49. The predicted octanol–water partition coefficient (Wildman–Crippen LogP) is 4.99. The minimum Gasteiger partial charge on any atom is -0.444 e. The first-order valence-corrected chi connectivity index (χ1v) is 16.6. The third-order valence-corrected chi connectivity index (χ3v) is 8.49. The molecule has 1 saturated carbocycles. The van der Waals surface area contributed by atoms with E-state index in [0.29, 0.717) is 37.3 Å². The van der Waals surface area contributed by atoms with Gasteiger partial charge in [0.2, 0.25) is 11.8 Å². The van der Waals surface area contributed by atoms with E-state index in [9.17, 15) is 14.4 Å². The van der Waals surface area contributed by atoms with Crippen molar-refractivity contribution in [3.05, 3.63) is 72.4 Å². The molecule has 2 heterocycles. The molecule has 49 heavy (non-hydrogen) atoms. The number of hydrogen-bond donors (Lipinski definition) is 4. The average molecular weight is 668 g/mol. The molecule has 2 aromatic carbocycles. The van der Waals surface area contributed by atoms with Crippen LogP contribution in [0, 0.1) is 11.8 Å². The van der Waals surface area contributed by atoms with Gasteiger partial charge in [0.15, 0.2) is 5.82 Å². The van der Waals surface area contributed by atoms with Crippen molar-refractivity contribution in [2.45, 2.75) is 64.5 Å². The summed E-state index contributed by atoms with van der Waals surface area (Å²) >= 11 is 0. The molecule has 4 N–H and O–H groups in total. The maximum Gasteiger partial charge on any atom is 0.407 e. The van der Waals surface area contributed by atoms with E-state index in [2.05, 4.69) is 41.6 Å². The zero-order valence-electron chi connectivity index (χ0n) is 28.7. The molecule has 13 nitrogen and oxygen atoms in total. The van der Waals surface area contributed by atoms with Crippen LogP contribution in [-0.4, -0.2) is 75.8 Å². The Morgan fingerprint density at radius 2 is 1.59 bits per heavy atom. The lowest BCUT2D eigenvalue weighted by Gasteiger charge is -2.29. The van der Waals surface area contributed by atoms with Crippen LogP contribution in [-0.2, 0) is 20.7 Å². The van der Waals surface area contributed by atoms with Gasteiger partial charge in [0.25, 0.3) is 0 Å². The van der Waals surface area contributed by atoms with Gasteiger partial charge in [-0.15, -0.1) is 5.10 Å². The molecule has 0 unspecified atom stereocenters. The fourth-order valence-corrected chi connectivity index (χ4v) is 5.78. The number of hydrogen-bond acceptors (Lipinski definition) is 9. The lowest BCUT2D eigenvalue weighted by atomic mass is 9.81. The molecule has 3 amide bonds. The zero-order valence-corrected chi connectivity index (χ0v) is 28.7. The number of benzene rings is 2. The SMILES string of the molecule is CN(C)c1ccc(-c2ccc(C[C@H](NC(=O)C3CCC(CNC(=O)OC(C)(C)C)CC3)C(=O)Nc3ccc(-c4nnn[nH]4)cc3)cc2)cn1. The van der Waals surface area contributed by atoms with Crippen molar-refractivity contribution in [2.24, 2.45) is 11.8 Å². The fraction of sp³-hybridized carbons (Fsp3) is 0.417. The maximum atomic E-state index is 13.7. The number of carbonyl (C=O) groups is 3. The second-order valence-electron chi connectivity index (χ2n) is 13.7. The Hall–Kier alpha value is -5.33. The first kappa shape index (κ1) is 35.0. The van der Waals surface area contributed by atoms with Crippen molar-refractivity contribution >= 4 is 29.4 Å². The number of aromatic nitrogens is 5. The number of alkyl carbamates (subject to hydrolysis) is 1. The zero-order chi connectivity index (χ0) is 35.0. The van der Waals surface area contributed by atoms with Crippen molar-refractivity contribution in [1.29, 1.82) is 0 Å². The van der Waals surface area contributed by atoms with Gasteiger partial charge in [-0.25, -0.2) is 14.9 Å². The summed E-state index contributed by atoms with van der Waals surface area (Å²) in [6.45, 7) is 5.99. The van der Waals surface area contributed by atoms with Crippen LogP contribution in [0.5, 0.6) is 0 Å². The highest BCUT2D eigenvalue weighted by molar-refractivity contribution is 5.97. The van der Waals surface area contributed by atoms with Crippen LogP contribution in [0.15, 0.2) is 66.9 Å². The molecule has 4 aromatic rings. The van der Waals surface area contributed by atoms with Gasteiger partial charge in [0, 0.05) is 56.0 Å². The molecule has 258 valence electrons. The molecule has 1 fully saturated rings. The van der Waals surface area contributed by atoms with Crippen molar-refractivity contribution in [1.82, 2.24) is 36.2 Å². The normalized spacial score (nSPS) is 16.7. The smallest absolute Gasteiger partial charge is 0.407 e. The molecule has 0 bridgehead atoms. The summed E-state index contributed by atoms with van der Waals surface area (Å²) in [7, 11) is 3.90. The molecule has 2 aromatic heterocycles. The number of nitrogens with one attached hydrogen (secondary N) is 4. The van der Waals surface area contributed by atoms with Gasteiger partial charge in [0.05, 0.1) is 0 Å². The lowest BCUT2D eigenvalue weighted by molar-refractivity contribution is -0.130. The van der Waals surface area contributed by atoms with Crippen LogP contribution in [0.3, 0.4) is 0 Å². The van der Waals surface area contributed by atoms with E-state index in [1.165, 1.54) is 0 Å². The van der Waals surface area contributed by atoms with Gasteiger partial charge in [-0.3, -0.25) is 9.59 Å². The summed E-state index contributed by atoms with van der Waals surface area (Å²) in [5, 5.41) is 22.7. The molecule has 0 aliphatic heterocycles. The van der Waals surface area contributed by atoms with Crippen LogP contribution in [0.1, 0.15) is 52.0 Å². The number of amides is 3. The van der Waals surface area contributed by atoms with E-state index < -0.39 is 17.7 Å². The Kier molecular flexibility index (Phi) is 11.2. The summed E-state index contributed by atoms with van der Waals surface area (Å²) in [5.41, 5.74) is 3.71. The molecule has 1 aliphatic rings. The number of rotatable bonds is 11. The Balaban J connectivity index is 1.23. The van der Waals surface area contributed by atoms with Gasteiger partial charge >= 0.3 is 6.09 Å². The topological polar surface area (TPSA) is 167 Å². The first-order valence-electron chi connectivity index (χ1n) is 16.6. The highest BCUT2D eigenvalue weighted by Gasteiger charge is 2.30. The van der Waals surface area contributed by atoms with Crippen molar-refractivity contribution < 1.29 is 19.1 Å². The molecule has 0 saturated heterocycles. The van der Waals surface area contributed by atoms with Crippen molar-refractivity contribution in [3.8, 4) is 22.5 Å². The molecule has 0 spiro atoms. The van der Waals surface area contributed by atoms with Gasteiger partial charge < -0.3 is 25.6 Å². The average Bonchev–Trinajstić information content (AvgIpc) is 3.62. The Morgan fingerprint density at radius 1 is 0.918 bits per heavy atom. The quantitative estimate of drug-likeness (QED) is 0.172. The maximum absolute atomic E-state index is 13.7. The number of H-pyrrole nitrogens is 1. The van der Waals surface area contributed by atoms with Crippen LogP contribution in [0.2, 0.25) is 0 Å². The van der Waals surface area contributed by atoms with Gasteiger partial charge in [-0.05, 0) is 110 Å². The van der Waals surface area contributed by atoms with Crippen molar-refractivity contribution in [3.63, 3.8) is 0 Å². The van der Waals surface area contributed by atoms with Gasteiger partial charge in [0.1, 0.15) is 17.5 Å². The van der Waals surface area contributed by atoms with E-state index in [1.54, 1.807) is 24.3 Å². The molecular formula is C36H45N9O4. The first-order chi connectivity index (χ1) is 23.4. The summed E-state index contributed by atoms with van der Waals surface area (Å²) in [4.78, 5) is 45.8. The fourth-order valence-electron chi connectivity index (χ4n) is 5.78. The third kappa shape index (κ3) is 10.1. The van der Waals surface area contributed by atoms with E-state index >= 15 is 0 Å². The summed E-state index contributed by atoms with van der Waals surface area (Å²) < 4.78 is 5.34. The number of carbonyl (C=O) groups excluding carboxylic acids is 3. The largest absolute Gasteiger partial charge is 0.444 e. The minimum atomic E-state index is -0.802. The number of aromatic amines is 1. The summed E-state index contributed by atoms with van der Waals surface area (Å²) in [6, 6.07) is 18.3. The number of anilines is 2. The van der Waals surface area contributed by atoms with Crippen LogP contribution in [0.4, 0.5) is 16.3 Å². The van der Waals surface area contributed by atoms with Crippen molar-refractivity contribution in [2.75, 3.05) is 30.9 Å².